The summed E-state index contributed by atoms with van der Waals surface area (Å²) in [5.41, 5.74) is 0.587. The minimum absolute atomic E-state index is 0.147. The van der Waals surface area contributed by atoms with E-state index in [0.717, 1.165) is 4.31 Å². The number of nitrogens with zero attached hydrogens (tertiary/aromatic N) is 2. The van der Waals surface area contributed by atoms with E-state index in [-0.39, 0.29) is 19.0 Å². The Morgan fingerprint density at radius 2 is 2.25 bits per heavy atom. The lowest BCUT2D eigenvalue weighted by Crippen LogP contribution is -2.50. The zero-order valence-electron chi connectivity index (χ0n) is 11.9. The average molecular weight is 307 g/mol. The summed E-state index contributed by atoms with van der Waals surface area (Å²) in [6.07, 6.45) is -0.394. The molecule has 116 valence electrons. The van der Waals surface area contributed by atoms with Gasteiger partial charge in [0.2, 0.25) is 0 Å². The van der Waals surface area contributed by atoms with Crippen LogP contribution in [0.1, 0.15) is 33.6 Å². The van der Waals surface area contributed by atoms with Crippen molar-refractivity contribution in [1.29, 1.82) is 0 Å². The van der Waals surface area contributed by atoms with Gasteiger partial charge in [-0.25, -0.2) is 9.52 Å². The first kappa shape index (κ1) is 16.7. The van der Waals surface area contributed by atoms with Crippen LogP contribution in [0.15, 0.2) is 5.16 Å². The highest BCUT2D eigenvalue weighted by molar-refractivity contribution is 7.87. The van der Waals surface area contributed by atoms with Crippen molar-refractivity contribution in [3.8, 4) is 0 Å². The molecule has 1 saturated heterocycles. The van der Waals surface area contributed by atoms with Crippen molar-refractivity contribution < 1.29 is 23.2 Å². The number of carbonyl (C=O) groups excluding carboxylic acids is 1. The molecule has 1 aliphatic rings. The molecule has 0 bridgehead atoms. The van der Waals surface area contributed by atoms with Crippen LogP contribution in [0.3, 0.4) is 0 Å². The van der Waals surface area contributed by atoms with Crippen LogP contribution in [0.4, 0.5) is 4.79 Å². The summed E-state index contributed by atoms with van der Waals surface area (Å²) in [5, 5.41) is 12.1. The molecule has 2 N–H and O–H groups in total. The van der Waals surface area contributed by atoms with Gasteiger partial charge in [0.15, 0.2) is 0 Å². The van der Waals surface area contributed by atoms with Crippen molar-refractivity contribution in [2.75, 3.05) is 13.1 Å². The summed E-state index contributed by atoms with van der Waals surface area (Å²) in [7, 11) is -3.93. The van der Waals surface area contributed by atoms with E-state index in [1.807, 2.05) is 11.6 Å². The Balaban J connectivity index is 2.72. The van der Waals surface area contributed by atoms with E-state index >= 15 is 0 Å². The fraction of sp³-hybridized carbons (Fsp3) is 0.818. The van der Waals surface area contributed by atoms with Gasteiger partial charge in [-0.1, -0.05) is 12.1 Å². The molecule has 0 aromatic carbocycles. The number of nitrogens with one attached hydrogen (secondary N) is 1. The molecule has 8 nitrogen and oxygen atoms in total. The van der Waals surface area contributed by atoms with Gasteiger partial charge in [0.25, 0.3) is 0 Å². The topological polar surface area (TPSA) is 108 Å². The number of amides is 1. The van der Waals surface area contributed by atoms with Crippen LogP contribution >= 0.6 is 0 Å². The fourth-order valence-corrected chi connectivity index (χ4v) is 3.10. The van der Waals surface area contributed by atoms with Gasteiger partial charge in [-0.15, -0.1) is 0 Å². The van der Waals surface area contributed by atoms with E-state index in [4.69, 9.17) is 9.94 Å². The lowest BCUT2D eigenvalue weighted by atomic mass is 9.95. The van der Waals surface area contributed by atoms with E-state index in [1.54, 1.807) is 13.8 Å². The molecule has 1 fully saturated rings. The van der Waals surface area contributed by atoms with Gasteiger partial charge < -0.3 is 9.94 Å². The molecule has 0 radical (unpaired) electrons. The summed E-state index contributed by atoms with van der Waals surface area (Å²) in [5.74, 6) is -0.147. The van der Waals surface area contributed by atoms with Gasteiger partial charge >= 0.3 is 16.3 Å². The average Bonchev–Trinajstić information content (AvgIpc) is 2.36. The van der Waals surface area contributed by atoms with E-state index in [1.165, 1.54) is 0 Å². The van der Waals surface area contributed by atoms with E-state index in [0.29, 0.717) is 18.6 Å². The molecule has 1 atom stereocenters. The van der Waals surface area contributed by atoms with Gasteiger partial charge in [0.05, 0.1) is 11.8 Å². The maximum Gasteiger partial charge on any atom is 0.422 e. The Kier molecular flexibility index (Phi) is 5.75. The molecular formula is C11H21N3O5S. The van der Waals surface area contributed by atoms with Crippen molar-refractivity contribution in [3.63, 3.8) is 0 Å². The largest absolute Gasteiger partial charge is 0.446 e. The molecule has 1 rings (SSSR count). The van der Waals surface area contributed by atoms with Gasteiger partial charge in [0, 0.05) is 25.4 Å². The summed E-state index contributed by atoms with van der Waals surface area (Å²) < 4.78 is 31.9. The zero-order valence-corrected chi connectivity index (χ0v) is 12.7. The molecule has 0 spiro atoms. The molecule has 0 aliphatic carbocycles. The molecule has 0 saturated carbocycles. The number of oxime groups is 1. The molecule has 0 aromatic heterocycles. The molecule has 0 aromatic rings. The van der Waals surface area contributed by atoms with Crippen molar-refractivity contribution in [2.24, 2.45) is 11.1 Å². The highest BCUT2D eigenvalue weighted by atomic mass is 32.2. The molecule has 1 amide bonds. The number of piperidine rings is 1. The second-order valence-corrected chi connectivity index (χ2v) is 6.54. The Labute approximate surface area is 119 Å². The molecule has 1 unspecified atom stereocenters. The first-order chi connectivity index (χ1) is 9.30. The standard InChI is InChI=1S/C11H21N3O5S/c1-4-9-7-14(6-5-10(9)12-16)20(17,18)13-11(15)19-8(2)3/h8-9,16H,4-7H2,1-3H3,(H,13,15). The van der Waals surface area contributed by atoms with E-state index < -0.39 is 22.4 Å². The number of hydrogen-bond donors (Lipinski definition) is 2. The lowest BCUT2D eigenvalue weighted by molar-refractivity contribution is 0.121. The maximum absolute atomic E-state index is 12.0. The highest BCUT2D eigenvalue weighted by Gasteiger charge is 2.33. The van der Waals surface area contributed by atoms with Crippen LogP contribution in [0.2, 0.25) is 0 Å². The Bertz CT molecular complexity index is 474. The van der Waals surface area contributed by atoms with Gasteiger partial charge in [-0.2, -0.15) is 12.7 Å². The summed E-state index contributed by atoms with van der Waals surface area (Å²) >= 11 is 0. The second-order valence-electron chi connectivity index (χ2n) is 4.87. The quantitative estimate of drug-likeness (QED) is 0.593. The minimum atomic E-state index is -3.93. The van der Waals surface area contributed by atoms with Crippen molar-refractivity contribution in [3.05, 3.63) is 0 Å². The van der Waals surface area contributed by atoms with Crippen LogP contribution in [0, 0.1) is 5.92 Å². The third-order valence-electron chi connectivity index (χ3n) is 3.03. The van der Waals surface area contributed by atoms with Gasteiger partial charge in [-0.05, 0) is 20.3 Å². The number of ether oxygens (including phenoxy) is 1. The normalized spacial score (nSPS) is 23.0. The lowest BCUT2D eigenvalue weighted by Gasteiger charge is -2.31. The zero-order chi connectivity index (χ0) is 15.3. The molecule has 9 heteroatoms. The SMILES string of the molecule is CCC1CN(S(=O)(=O)NC(=O)OC(C)C)CCC1=NO. The minimum Gasteiger partial charge on any atom is -0.446 e. The second kappa shape index (κ2) is 6.89. The summed E-state index contributed by atoms with van der Waals surface area (Å²) in [6.45, 7) is 5.49. The molecule has 1 heterocycles. The third kappa shape index (κ3) is 4.34. The van der Waals surface area contributed by atoms with Crippen LogP contribution in [-0.2, 0) is 14.9 Å². The molecule has 1 aliphatic heterocycles. The Hall–Kier alpha value is -1.35. The summed E-state index contributed by atoms with van der Waals surface area (Å²) in [6, 6.07) is 0. The highest BCUT2D eigenvalue weighted by Crippen LogP contribution is 2.19. The number of carbonyl (C=O) groups is 1. The first-order valence-corrected chi connectivity index (χ1v) is 7.93. The van der Waals surface area contributed by atoms with Gasteiger partial charge in [-0.3, -0.25) is 0 Å². The van der Waals surface area contributed by atoms with Crippen molar-refractivity contribution in [2.45, 2.75) is 39.7 Å². The van der Waals surface area contributed by atoms with Crippen LogP contribution < -0.4 is 4.72 Å². The van der Waals surface area contributed by atoms with Crippen molar-refractivity contribution in [1.82, 2.24) is 9.03 Å². The summed E-state index contributed by atoms with van der Waals surface area (Å²) in [4.78, 5) is 11.4. The smallest absolute Gasteiger partial charge is 0.422 e. The Morgan fingerprint density at radius 3 is 2.75 bits per heavy atom. The van der Waals surface area contributed by atoms with Crippen LogP contribution in [0.25, 0.3) is 0 Å². The number of rotatable bonds is 4. The van der Waals surface area contributed by atoms with Gasteiger partial charge in [0.1, 0.15) is 0 Å². The molecule has 20 heavy (non-hydrogen) atoms. The Morgan fingerprint density at radius 1 is 1.60 bits per heavy atom. The predicted molar refractivity (Wildman–Crippen MR) is 72.9 cm³/mol. The first-order valence-electron chi connectivity index (χ1n) is 6.49. The molecular weight excluding hydrogens is 286 g/mol. The van der Waals surface area contributed by atoms with Crippen LogP contribution in [-0.4, -0.2) is 48.9 Å². The predicted octanol–water partition coefficient (Wildman–Crippen LogP) is 0.928. The van der Waals surface area contributed by atoms with Crippen LogP contribution in [0.5, 0.6) is 0 Å². The van der Waals surface area contributed by atoms with E-state index in [9.17, 15) is 13.2 Å². The van der Waals surface area contributed by atoms with E-state index in [2.05, 4.69) is 5.16 Å². The monoisotopic (exact) mass is 307 g/mol. The maximum atomic E-state index is 12.0. The third-order valence-corrected chi connectivity index (χ3v) is 4.46. The fourth-order valence-electron chi connectivity index (χ4n) is 2.01. The van der Waals surface area contributed by atoms with Crippen molar-refractivity contribution >= 4 is 22.0 Å². The number of hydrogen-bond acceptors (Lipinski definition) is 6.